The van der Waals surface area contributed by atoms with E-state index < -0.39 is 0 Å². The number of para-hydroxylation sites is 1. The molecular formula is C24H19BrClN5OS. The number of rotatable bonds is 7. The fourth-order valence-electron chi connectivity index (χ4n) is 3.02. The van der Waals surface area contributed by atoms with Gasteiger partial charge in [0.2, 0.25) is 0 Å². The summed E-state index contributed by atoms with van der Waals surface area (Å²) in [5.74, 6) is 0.583. The third kappa shape index (κ3) is 5.90. The van der Waals surface area contributed by atoms with Gasteiger partial charge in [0.15, 0.2) is 11.0 Å². The van der Waals surface area contributed by atoms with Gasteiger partial charge in [0.25, 0.3) is 5.91 Å². The number of hydrazone groups is 1. The first-order valence-corrected chi connectivity index (χ1v) is 12.2. The van der Waals surface area contributed by atoms with Crippen molar-refractivity contribution in [2.75, 3.05) is 5.75 Å². The fraction of sp³-hybridized carbons (Fsp3) is 0.0833. The lowest BCUT2D eigenvalue weighted by molar-refractivity contribution is -0.118. The molecule has 0 unspecified atom stereocenters. The Balaban J connectivity index is 1.51. The van der Waals surface area contributed by atoms with E-state index in [9.17, 15) is 4.79 Å². The Kier molecular flexibility index (Phi) is 7.59. The first kappa shape index (κ1) is 23.2. The molecule has 0 radical (unpaired) electrons. The molecule has 4 rings (SSSR count). The van der Waals surface area contributed by atoms with E-state index in [1.54, 1.807) is 0 Å². The Labute approximate surface area is 209 Å². The molecule has 0 spiro atoms. The van der Waals surface area contributed by atoms with E-state index in [4.69, 9.17) is 11.6 Å². The Hall–Kier alpha value is -2.94. The van der Waals surface area contributed by atoms with Crippen molar-refractivity contribution in [2.45, 2.75) is 12.1 Å². The molecule has 0 aliphatic heterocycles. The molecule has 0 atom stereocenters. The average Bonchev–Trinajstić information content (AvgIpc) is 3.26. The third-order valence-corrected chi connectivity index (χ3v) is 6.40. The number of hydrogen-bond acceptors (Lipinski definition) is 5. The number of nitrogens with one attached hydrogen (secondary N) is 1. The zero-order valence-corrected chi connectivity index (χ0v) is 20.7. The number of halogens is 2. The van der Waals surface area contributed by atoms with Crippen LogP contribution in [0.3, 0.4) is 0 Å². The van der Waals surface area contributed by atoms with Crippen molar-refractivity contribution in [1.29, 1.82) is 0 Å². The molecule has 1 heterocycles. The van der Waals surface area contributed by atoms with Crippen molar-refractivity contribution in [3.8, 4) is 17.1 Å². The van der Waals surface area contributed by atoms with E-state index in [-0.39, 0.29) is 11.7 Å². The maximum absolute atomic E-state index is 12.4. The Morgan fingerprint density at radius 2 is 1.73 bits per heavy atom. The summed E-state index contributed by atoms with van der Waals surface area (Å²) in [6, 6.07) is 24.9. The number of amides is 1. The predicted octanol–water partition coefficient (Wildman–Crippen LogP) is 5.98. The summed E-state index contributed by atoms with van der Waals surface area (Å²) >= 11 is 10.7. The van der Waals surface area contributed by atoms with Crippen molar-refractivity contribution < 1.29 is 4.79 Å². The smallest absolute Gasteiger partial charge is 0.250 e. The highest BCUT2D eigenvalue weighted by molar-refractivity contribution is 9.10. The largest absolute Gasteiger partial charge is 0.272 e. The van der Waals surface area contributed by atoms with E-state index in [0.717, 1.165) is 27.0 Å². The maximum Gasteiger partial charge on any atom is 0.250 e. The van der Waals surface area contributed by atoms with Crippen LogP contribution >= 0.6 is 39.3 Å². The van der Waals surface area contributed by atoms with Crippen LogP contribution in [0.15, 0.2) is 93.6 Å². The lowest BCUT2D eigenvalue weighted by Gasteiger charge is -2.10. The van der Waals surface area contributed by atoms with Crippen LogP contribution in [-0.2, 0) is 4.79 Å². The summed E-state index contributed by atoms with van der Waals surface area (Å²) in [5.41, 5.74) is 6.05. The van der Waals surface area contributed by atoms with Crippen LogP contribution in [0.1, 0.15) is 12.5 Å². The highest BCUT2D eigenvalue weighted by Crippen LogP contribution is 2.28. The zero-order valence-electron chi connectivity index (χ0n) is 17.6. The van der Waals surface area contributed by atoms with Crippen molar-refractivity contribution >= 4 is 50.9 Å². The van der Waals surface area contributed by atoms with Gasteiger partial charge in [-0.1, -0.05) is 69.6 Å². The van der Waals surface area contributed by atoms with Crippen LogP contribution in [0.2, 0.25) is 5.02 Å². The highest BCUT2D eigenvalue weighted by atomic mass is 79.9. The Morgan fingerprint density at radius 3 is 2.42 bits per heavy atom. The Morgan fingerprint density at radius 1 is 1.03 bits per heavy atom. The number of aromatic nitrogens is 3. The van der Waals surface area contributed by atoms with Gasteiger partial charge in [-0.15, -0.1) is 10.2 Å². The molecule has 1 amide bonds. The van der Waals surface area contributed by atoms with Gasteiger partial charge in [-0.2, -0.15) is 5.10 Å². The van der Waals surface area contributed by atoms with Crippen molar-refractivity contribution in [3.05, 3.63) is 93.9 Å². The molecule has 0 saturated heterocycles. The monoisotopic (exact) mass is 539 g/mol. The van der Waals surface area contributed by atoms with E-state index >= 15 is 0 Å². The summed E-state index contributed by atoms with van der Waals surface area (Å²) in [7, 11) is 0. The topological polar surface area (TPSA) is 72.2 Å². The number of hydrogen-bond donors (Lipinski definition) is 1. The molecule has 166 valence electrons. The second-order valence-corrected chi connectivity index (χ2v) is 9.31. The molecule has 6 nitrogen and oxygen atoms in total. The highest BCUT2D eigenvalue weighted by Gasteiger charge is 2.17. The van der Waals surface area contributed by atoms with Crippen LogP contribution in [0, 0.1) is 0 Å². The van der Waals surface area contributed by atoms with Gasteiger partial charge in [0, 0.05) is 20.7 Å². The predicted molar refractivity (Wildman–Crippen MR) is 137 cm³/mol. The lowest BCUT2D eigenvalue weighted by atomic mass is 10.1. The van der Waals surface area contributed by atoms with E-state index in [0.29, 0.717) is 16.0 Å². The molecule has 0 aliphatic carbocycles. The SMILES string of the molecule is C/C(=N/NC(=O)CSc1nnc(-c2ccc(Cl)cc2)n1-c1ccccc1)c1ccc(Br)cc1. The Bertz CT molecular complexity index is 1270. The second kappa shape index (κ2) is 10.8. The molecule has 3 aromatic carbocycles. The molecule has 9 heteroatoms. The van der Waals surface area contributed by atoms with Gasteiger partial charge >= 0.3 is 0 Å². The van der Waals surface area contributed by atoms with Gasteiger partial charge in [0.1, 0.15) is 0 Å². The summed E-state index contributed by atoms with van der Waals surface area (Å²) in [6.45, 7) is 1.85. The molecule has 0 aliphatic rings. The minimum atomic E-state index is -0.230. The lowest BCUT2D eigenvalue weighted by Crippen LogP contribution is -2.21. The van der Waals surface area contributed by atoms with Crippen molar-refractivity contribution in [3.63, 3.8) is 0 Å². The normalized spacial score (nSPS) is 11.4. The number of carbonyl (C=O) groups excluding carboxylic acids is 1. The molecule has 0 bridgehead atoms. The van der Waals surface area contributed by atoms with Crippen LogP contribution in [0.4, 0.5) is 0 Å². The number of carbonyl (C=O) groups is 1. The molecule has 1 aromatic heterocycles. The van der Waals surface area contributed by atoms with Crippen LogP contribution in [0.25, 0.3) is 17.1 Å². The summed E-state index contributed by atoms with van der Waals surface area (Å²) < 4.78 is 2.91. The number of thioether (sulfide) groups is 1. The average molecular weight is 541 g/mol. The summed E-state index contributed by atoms with van der Waals surface area (Å²) in [4.78, 5) is 12.4. The van der Waals surface area contributed by atoms with Crippen LogP contribution in [0.5, 0.6) is 0 Å². The van der Waals surface area contributed by atoms with Gasteiger partial charge in [-0.25, -0.2) is 5.43 Å². The molecular weight excluding hydrogens is 522 g/mol. The van der Waals surface area contributed by atoms with E-state index in [2.05, 4.69) is 36.7 Å². The van der Waals surface area contributed by atoms with Crippen LogP contribution in [-0.4, -0.2) is 32.1 Å². The fourth-order valence-corrected chi connectivity index (χ4v) is 4.16. The van der Waals surface area contributed by atoms with Gasteiger partial charge < -0.3 is 0 Å². The first-order chi connectivity index (χ1) is 16.0. The van der Waals surface area contributed by atoms with E-state index in [1.807, 2.05) is 90.4 Å². The zero-order chi connectivity index (χ0) is 23.2. The quantitative estimate of drug-likeness (QED) is 0.178. The first-order valence-electron chi connectivity index (χ1n) is 10.00. The van der Waals surface area contributed by atoms with Crippen molar-refractivity contribution in [1.82, 2.24) is 20.2 Å². The second-order valence-electron chi connectivity index (χ2n) is 7.01. The summed E-state index contributed by atoms with van der Waals surface area (Å²) in [6.07, 6.45) is 0. The van der Waals surface area contributed by atoms with Gasteiger partial charge in [0.05, 0.1) is 11.5 Å². The molecule has 4 aromatic rings. The number of benzene rings is 3. The van der Waals surface area contributed by atoms with Crippen molar-refractivity contribution in [2.24, 2.45) is 5.10 Å². The molecule has 33 heavy (non-hydrogen) atoms. The summed E-state index contributed by atoms with van der Waals surface area (Å²) in [5, 5.41) is 14.2. The molecule has 1 N–H and O–H groups in total. The minimum Gasteiger partial charge on any atom is -0.272 e. The standard InChI is InChI=1S/C24H19BrClN5OS/c1-16(17-7-11-19(25)12-8-17)27-28-22(32)15-33-24-30-29-23(18-9-13-20(26)14-10-18)31(24)21-5-3-2-4-6-21/h2-14H,15H2,1H3,(H,28,32)/b27-16-. The van der Waals surface area contributed by atoms with Crippen LogP contribution < -0.4 is 5.43 Å². The third-order valence-electron chi connectivity index (χ3n) is 4.69. The van der Waals surface area contributed by atoms with E-state index in [1.165, 1.54) is 11.8 Å². The minimum absolute atomic E-state index is 0.142. The maximum atomic E-state index is 12.4. The number of nitrogens with zero attached hydrogens (tertiary/aromatic N) is 4. The van der Waals surface area contributed by atoms with Gasteiger partial charge in [-0.05, 0) is 61.0 Å². The van der Waals surface area contributed by atoms with Gasteiger partial charge in [-0.3, -0.25) is 9.36 Å². The molecule has 0 saturated carbocycles. The molecule has 0 fully saturated rings.